The van der Waals surface area contributed by atoms with Crippen LogP contribution in [0.15, 0.2) is 21.2 Å². The van der Waals surface area contributed by atoms with Gasteiger partial charge in [-0.25, -0.2) is 0 Å². The van der Waals surface area contributed by atoms with E-state index in [9.17, 15) is 18.0 Å². The Morgan fingerprint density at radius 3 is 2.86 bits per heavy atom. The minimum absolute atomic E-state index is 0.0601. The van der Waals surface area contributed by atoms with Crippen LogP contribution in [-0.2, 0) is 6.18 Å². The topological polar surface area (TPSA) is 59.2 Å². The zero-order valence-electron chi connectivity index (χ0n) is 11.3. The van der Waals surface area contributed by atoms with Crippen LogP contribution in [0.25, 0.3) is 0 Å². The number of nitrogens with zero attached hydrogens (tertiary/aromatic N) is 3. The number of amides is 1. The maximum atomic E-state index is 12.5. The van der Waals surface area contributed by atoms with Crippen LogP contribution in [-0.4, -0.2) is 34.1 Å². The van der Waals surface area contributed by atoms with Crippen LogP contribution in [0.4, 0.5) is 13.2 Å². The number of likely N-dealkylation sites (tertiary alicyclic amines) is 1. The summed E-state index contributed by atoms with van der Waals surface area (Å²) in [7, 11) is 0. The van der Waals surface area contributed by atoms with E-state index < -0.39 is 12.1 Å². The average molecular weight is 331 g/mol. The number of hydrogen-bond donors (Lipinski definition) is 0. The minimum atomic E-state index is -4.65. The Morgan fingerprint density at radius 2 is 2.23 bits per heavy atom. The number of piperidine rings is 1. The number of halogens is 3. The summed E-state index contributed by atoms with van der Waals surface area (Å²) in [5, 5.41) is 10.1. The summed E-state index contributed by atoms with van der Waals surface area (Å²) >= 11 is 1.42. The molecule has 5 nitrogen and oxygen atoms in total. The first kappa shape index (κ1) is 15.0. The predicted molar refractivity (Wildman–Crippen MR) is 71.5 cm³/mol. The number of hydrogen-bond acceptors (Lipinski definition) is 5. The van der Waals surface area contributed by atoms with Crippen LogP contribution in [0.1, 0.15) is 40.9 Å². The molecule has 0 radical (unpaired) electrons. The van der Waals surface area contributed by atoms with E-state index in [0.29, 0.717) is 24.9 Å². The van der Waals surface area contributed by atoms with E-state index >= 15 is 0 Å². The number of carbonyl (C=O) groups excluding carboxylic acids is 1. The van der Waals surface area contributed by atoms with Gasteiger partial charge < -0.3 is 9.32 Å². The maximum Gasteiger partial charge on any atom is 0.470 e. The Bertz CT molecular complexity index is 654. The molecule has 3 rings (SSSR count). The molecule has 0 saturated carbocycles. The fraction of sp³-hybridized carbons (Fsp3) is 0.462. The molecule has 0 bridgehead atoms. The molecule has 1 saturated heterocycles. The third-order valence-corrected chi connectivity index (χ3v) is 4.19. The second kappa shape index (κ2) is 5.71. The largest absolute Gasteiger partial charge is 0.470 e. The molecule has 9 heteroatoms. The summed E-state index contributed by atoms with van der Waals surface area (Å²) in [6, 6.07) is 1.73. The number of alkyl halides is 3. The molecule has 22 heavy (non-hydrogen) atoms. The van der Waals surface area contributed by atoms with Crippen LogP contribution >= 0.6 is 11.3 Å². The zero-order chi connectivity index (χ0) is 15.7. The predicted octanol–water partition coefficient (Wildman–Crippen LogP) is 3.17. The SMILES string of the molecule is O=C(c1ccsc1)N1CCC[C@@H](c2nnc(C(F)(F)F)o2)C1. The van der Waals surface area contributed by atoms with Gasteiger partial charge >= 0.3 is 12.1 Å². The molecule has 0 unspecified atom stereocenters. The second-order valence-electron chi connectivity index (χ2n) is 5.05. The third-order valence-electron chi connectivity index (χ3n) is 3.51. The Morgan fingerprint density at radius 1 is 1.41 bits per heavy atom. The summed E-state index contributed by atoms with van der Waals surface area (Å²) in [6.45, 7) is 0.861. The molecule has 3 heterocycles. The Kier molecular flexibility index (Phi) is 3.90. The molecule has 0 N–H and O–H groups in total. The highest BCUT2D eigenvalue weighted by molar-refractivity contribution is 7.08. The lowest BCUT2D eigenvalue weighted by Gasteiger charge is -2.30. The number of aromatic nitrogens is 2. The molecule has 0 spiro atoms. The summed E-state index contributed by atoms with van der Waals surface area (Å²) in [5.74, 6) is -1.89. The third kappa shape index (κ3) is 2.99. The molecule has 2 aromatic rings. The van der Waals surface area contributed by atoms with E-state index in [-0.39, 0.29) is 24.3 Å². The van der Waals surface area contributed by atoms with Gasteiger partial charge in [0.1, 0.15) is 0 Å². The van der Waals surface area contributed by atoms with Gasteiger partial charge in [0, 0.05) is 18.5 Å². The van der Waals surface area contributed by atoms with Crippen molar-refractivity contribution in [2.45, 2.75) is 24.9 Å². The van der Waals surface area contributed by atoms with Gasteiger partial charge in [-0.05, 0) is 24.3 Å². The molecule has 1 aliphatic rings. The van der Waals surface area contributed by atoms with E-state index in [1.807, 2.05) is 5.38 Å². The van der Waals surface area contributed by atoms with Crippen molar-refractivity contribution >= 4 is 17.2 Å². The van der Waals surface area contributed by atoms with Crippen molar-refractivity contribution in [3.63, 3.8) is 0 Å². The van der Waals surface area contributed by atoms with Crippen LogP contribution in [0.5, 0.6) is 0 Å². The summed E-state index contributed by atoms with van der Waals surface area (Å²) in [4.78, 5) is 13.9. The highest BCUT2D eigenvalue weighted by Crippen LogP contribution is 2.32. The van der Waals surface area contributed by atoms with E-state index in [1.165, 1.54) is 11.3 Å². The molecule has 0 aliphatic carbocycles. The number of thiophene rings is 1. The fourth-order valence-corrected chi connectivity index (χ4v) is 3.08. The summed E-state index contributed by atoms with van der Waals surface area (Å²) in [5.41, 5.74) is 0.590. The van der Waals surface area contributed by atoms with Gasteiger partial charge in [0.25, 0.3) is 5.91 Å². The van der Waals surface area contributed by atoms with E-state index in [4.69, 9.17) is 4.42 Å². The van der Waals surface area contributed by atoms with E-state index in [1.54, 1.807) is 16.3 Å². The Hall–Kier alpha value is -1.90. The normalized spacial score (nSPS) is 19.4. The average Bonchev–Trinajstić information content (AvgIpc) is 3.17. The van der Waals surface area contributed by atoms with Gasteiger partial charge in [0.15, 0.2) is 0 Å². The van der Waals surface area contributed by atoms with Gasteiger partial charge in [0.2, 0.25) is 5.89 Å². The fourth-order valence-electron chi connectivity index (χ4n) is 2.45. The zero-order valence-corrected chi connectivity index (χ0v) is 12.2. The van der Waals surface area contributed by atoms with Crippen molar-refractivity contribution in [3.05, 3.63) is 34.2 Å². The van der Waals surface area contributed by atoms with Gasteiger partial charge in [-0.1, -0.05) is 0 Å². The quantitative estimate of drug-likeness (QED) is 0.848. The second-order valence-corrected chi connectivity index (χ2v) is 5.83. The van der Waals surface area contributed by atoms with Crippen LogP contribution in [0, 0.1) is 0 Å². The van der Waals surface area contributed by atoms with Crippen LogP contribution in [0.3, 0.4) is 0 Å². The monoisotopic (exact) mass is 331 g/mol. The molecule has 1 aliphatic heterocycles. The van der Waals surface area contributed by atoms with Gasteiger partial charge in [-0.2, -0.15) is 24.5 Å². The maximum absolute atomic E-state index is 12.5. The lowest BCUT2D eigenvalue weighted by Crippen LogP contribution is -2.39. The van der Waals surface area contributed by atoms with Crippen molar-refractivity contribution in [3.8, 4) is 0 Å². The Labute approximate surface area is 127 Å². The number of rotatable bonds is 2. The smallest absolute Gasteiger partial charge is 0.417 e. The first-order chi connectivity index (χ1) is 10.4. The molecule has 118 valence electrons. The van der Waals surface area contributed by atoms with E-state index in [2.05, 4.69) is 10.2 Å². The summed E-state index contributed by atoms with van der Waals surface area (Å²) < 4.78 is 42.2. The standard InChI is InChI=1S/C13H12F3N3O2S/c14-13(15,16)12-18-17-10(21-12)8-2-1-4-19(6-8)11(20)9-3-5-22-7-9/h3,5,7-8H,1-2,4,6H2/t8-/m1/s1. The molecule has 2 aromatic heterocycles. The minimum Gasteiger partial charge on any atom is -0.417 e. The van der Waals surface area contributed by atoms with Crippen molar-refractivity contribution in [1.82, 2.24) is 15.1 Å². The number of carbonyl (C=O) groups is 1. The molecule has 1 fully saturated rings. The van der Waals surface area contributed by atoms with Gasteiger partial charge in [0.05, 0.1) is 11.5 Å². The van der Waals surface area contributed by atoms with E-state index in [0.717, 1.165) is 0 Å². The van der Waals surface area contributed by atoms with Crippen molar-refractivity contribution < 1.29 is 22.4 Å². The Balaban J connectivity index is 1.73. The molecule has 0 aromatic carbocycles. The van der Waals surface area contributed by atoms with Gasteiger partial charge in [-0.15, -0.1) is 10.2 Å². The highest BCUT2D eigenvalue weighted by Gasteiger charge is 2.39. The van der Waals surface area contributed by atoms with Crippen molar-refractivity contribution in [1.29, 1.82) is 0 Å². The van der Waals surface area contributed by atoms with Crippen LogP contribution < -0.4 is 0 Å². The van der Waals surface area contributed by atoms with Gasteiger partial charge in [-0.3, -0.25) is 4.79 Å². The lowest BCUT2D eigenvalue weighted by molar-refractivity contribution is -0.157. The molecule has 1 atom stereocenters. The first-order valence-electron chi connectivity index (χ1n) is 6.67. The highest BCUT2D eigenvalue weighted by atomic mass is 32.1. The first-order valence-corrected chi connectivity index (χ1v) is 7.61. The molecule has 1 amide bonds. The molecular weight excluding hydrogens is 319 g/mol. The van der Waals surface area contributed by atoms with Crippen LogP contribution in [0.2, 0.25) is 0 Å². The lowest BCUT2D eigenvalue weighted by atomic mass is 9.97. The van der Waals surface area contributed by atoms with Crippen molar-refractivity contribution in [2.24, 2.45) is 0 Å². The van der Waals surface area contributed by atoms with Crippen molar-refractivity contribution in [2.75, 3.05) is 13.1 Å². The summed E-state index contributed by atoms with van der Waals surface area (Å²) in [6.07, 6.45) is -3.34. The molecular formula is C13H12F3N3O2S.